The lowest BCUT2D eigenvalue weighted by Gasteiger charge is -2.30. The van der Waals surface area contributed by atoms with Crippen molar-refractivity contribution in [3.63, 3.8) is 0 Å². The van der Waals surface area contributed by atoms with E-state index < -0.39 is 0 Å². The molecule has 0 saturated heterocycles. The van der Waals surface area contributed by atoms with Crippen LogP contribution in [0.1, 0.15) is 110 Å². The lowest BCUT2D eigenvalue weighted by Crippen LogP contribution is -2.16. The van der Waals surface area contributed by atoms with Crippen molar-refractivity contribution in [3.05, 3.63) is 144 Å². The summed E-state index contributed by atoms with van der Waals surface area (Å²) in [6.07, 6.45) is 8.21. The van der Waals surface area contributed by atoms with Crippen LogP contribution in [-0.4, -0.2) is 0 Å². The first-order chi connectivity index (χ1) is 23.5. The standard InChI is InChI=1S/C47H58N2/c1-9-12-14-36-16-24-40(25-17-36)48(42-28-20-38(21-29-42)46(4,5)6)44-32-34-45(35-33-44)49(41-26-18-37(19-27-41)15-13-10-2)43-30-22-39(23-31-43)47(7,8)11-3/h16-35H,9-15H2,1-8H3. The monoisotopic (exact) mass is 650 g/mol. The number of nitrogens with zero attached hydrogens (tertiary/aromatic N) is 2. The van der Waals surface area contributed by atoms with Crippen LogP contribution in [-0.2, 0) is 23.7 Å². The van der Waals surface area contributed by atoms with Crippen molar-refractivity contribution >= 4 is 34.1 Å². The summed E-state index contributed by atoms with van der Waals surface area (Å²) in [6.45, 7) is 18.3. The van der Waals surface area contributed by atoms with Crippen molar-refractivity contribution in [1.82, 2.24) is 0 Å². The maximum atomic E-state index is 2.39. The lowest BCUT2D eigenvalue weighted by molar-refractivity contribution is 0.506. The van der Waals surface area contributed by atoms with Gasteiger partial charge in [-0.3, -0.25) is 0 Å². The fourth-order valence-electron chi connectivity index (χ4n) is 6.41. The van der Waals surface area contributed by atoms with Crippen molar-refractivity contribution in [3.8, 4) is 0 Å². The van der Waals surface area contributed by atoms with E-state index in [1.54, 1.807) is 0 Å². The fourth-order valence-corrected chi connectivity index (χ4v) is 6.41. The predicted molar refractivity (Wildman–Crippen MR) is 215 cm³/mol. The molecule has 0 atom stereocenters. The Morgan fingerprint density at radius 3 is 0.959 bits per heavy atom. The van der Waals surface area contributed by atoms with E-state index in [4.69, 9.17) is 0 Å². The third-order valence-corrected chi connectivity index (χ3v) is 10.2. The summed E-state index contributed by atoms with van der Waals surface area (Å²) in [4.78, 5) is 4.77. The number of aryl methyl sites for hydroxylation is 2. The van der Waals surface area contributed by atoms with E-state index in [1.165, 1.54) is 65.0 Å². The van der Waals surface area contributed by atoms with E-state index in [0.29, 0.717) is 0 Å². The van der Waals surface area contributed by atoms with E-state index in [9.17, 15) is 0 Å². The van der Waals surface area contributed by atoms with Gasteiger partial charge < -0.3 is 9.80 Å². The van der Waals surface area contributed by atoms with E-state index in [-0.39, 0.29) is 10.8 Å². The van der Waals surface area contributed by atoms with Gasteiger partial charge in [-0.25, -0.2) is 0 Å². The van der Waals surface area contributed by atoms with Crippen LogP contribution in [0.25, 0.3) is 0 Å². The Bertz CT molecular complexity index is 1720. The number of unbranched alkanes of at least 4 members (excludes halogenated alkanes) is 2. The minimum absolute atomic E-state index is 0.105. The Hall–Kier alpha value is -4.30. The molecule has 49 heavy (non-hydrogen) atoms. The first kappa shape index (κ1) is 36.0. The van der Waals surface area contributed by atoms with Crippen LogP contribution in [0.5, 0.6) is 0 Å². The second kappa shape index (κ2) is 15.9. The van der Waals surface area contributed by atoms with Crippen LogP contribution in [0, 0.1) is 0 Å². The minimum atomic E-state index is 0.105. The molecule has 256 valence electrons. The van der Waals surface area contributed by atoms with E-state index in [1.807, 2.05) is 0 Å². The van der Waals surface area contributed by atoms with E-state index in [0.717, 1.165) is 36.3 Å². The van der Waals surface area contributed by atoms with Crippen molar-refractivity contribution in [2.24, 2.45) is 0 Å². The Balaban J connectivity index is 1.55. The molecular weight excluding hydrogens is 593 g/mol. The molecule has 0 aliphatic rings. The third-order valence-electron chi connectivity index (χ3n) is 10.2. The van der Waals surface area contributed by atoms with Crippen molar-refractivity contribution in [2.75, 3.05) is 9.80 Å². The quantitative estimate of drug-likeness (QED) is 0.118. The van der Waals surface area contributed by atoms with Gasteiger partial charge in [0.1, 0.15) is 0 Å². The molecule has 0 aliphatic heterocycles. The Morgan fingerprint density at radius 2 is 0.673 bits per heavy atom. The van der Waals surface area contributed by atoms with E-state index in [2.05, 4.69) is 187 Å². The van der Waals surface area contributed by atoms with Gasteiger partial charge in [0, 0.05) is 34.1 Å². The van der Waals surface area contributed by atoms with Crippen LogP contribution in [0.15, 0.2) is 121 Å². The molecule has 5 aromatic carbocycles. The predicted octanol–water partition coefficient (Wildman–Crippen LogP) is 14.3. The van der Waals surface area contributed by atoms with Gasteiger partial charge in [0.25, 0.3) is 0 Å². The van der Waals surface area contributed by atoms with Crippen molar-refractivity contribution < 1.29 is 0 Å². The highest BCUT2D eigenvalue weighted by Crippen LogP contribution is 2.40. The van der Waals surface area contributed by atoms with Gasteiger partial charge >= 0.3 is 0 Å². The van der Waals surface area contributed by atoms with Gasteiger partial charge in [0.05, 0.1) is 0 Å². The normalized spacial score (nSPS) is 11.8. The van der Waals surface area contributed by atoms with Crippen molar-refractivity contribution in [2.45, 2.75) is 111 Å². The van der Waals surface area contributed by atoms with Gasteiger partial charge in [-0.05, 0) is 138 Å². The number of anilines is 6. The third kappa shape index (κ3) is 8.84. The summed E-state index contributed by atoms with van der Waals surface area (Å²) in [5, 5.41) is 0. The van der Waals surface area contributed by atoms with Gasteiger partial charge in [-0.1, -0.05) is 117 Å². The molecule has 2 heteroatoms. The zero-order valence-corrected chi connectivity index (χ0v) is 31.4. The van der Waals surface area contributed by atoms with Crippen LogP contribution < -0.4 is 9.80 Å². The molecule has 0 aromatic heterocycles. The SMILES string of the molecule is CCCCc1ccc(N(c2ccc(N(c3ccc(CCCC)cc3)c3ccc(C(C)(C)CC)cc3)cc2)c2ccc(C(C)(C)C)cc2)cc1. The highest BCUT2D eigenvalue weighted by Gasteiger charge is 2.21. The molecule has 0 aliphatic carbocycles. The number of benzene rings is 5. The zero-order chi connectivity index (χ0) is 35.0. The maximum Gasteiger partial charge on any atom is 0.0463 e. The Morgan fingerprint density at radius 1 is 0.388 bits per heavy atom. The fraction of sp³-hybridized carbons (Fsp3) is 0.362. The summed E-state index contributed by atoms with van der Waals surface area (Å²) in [5.74, 6) is 0. The zero-order valence-electron chi connectivity index (χ0n) is 31.4. The van der Waals surface area contributed by atoms with Crippen LogP contribution in [0.4, 0.5) is 34.1 Å². The number of hydrogen-bond acceptors (Lipinski definition) is 2. The largest absolute Gasteiger partial charge is 0.311 e. The molecule has 0 fully saturated rings. The second-order valence-electron chi connectivity index (χ2n) is 15.3. The number of rotatable bonds is 14. The molecule has 0 bridgehead atoms. The Kier molecular flexibility index (Phi) is 11.7. The smallest absolute Gasteiger partial charge is 0.0463 e. The summed E-state index contributed by atoms with van der Waals surface area (Å²) in [7, 11) is 0. The maximum absolute atomic E-state index is 2.39. The van der Waals surface area contributed by atoms with Gasteiger partial charge in [-0.15, -0.1) is 0 Å². The molecular formula is C47H58N2. The average Bonchev–Trinajstić information content (AvgIpc) is 3.12. The number of hydrogen-bond donors (Lipinski definition) is 0. The lowest BCUT2D eigenvalue weighted by atomic mass is 9.82. The van der Waals surface area contributed by atoms with Gasteiger partial charge in [0.2, 0.25) is 0 Å². The molecule has 0 heterocycles. The first-order valence-corrected chi connectivity index (χ1v) is 18.6. The van der Waals surface area contributed by atoms with Crippen molar-refractivity contribution in [1.29, 1.82) is 0 Å². The van der Waals surface area contributed by atoms with Crippen LogP contribution in [0.2, 0.25) is 0 Å². The molecule has 2 nitrogen and oxygen atoms in total. The highest BCUT2D eigenvalue weighted by molar-refractivity contribution is 5.81. The average molecular weight is 651 g/mol. The molecule has 0 amide bonds. The van der Waals surface area contributed by atoms with Crippen LogP contribution in [0.3, 0.4) is 0 Å². The van der Waals surface area contributed by atoms with Crippen LogP contribution >= 0.6 is 0 Å². The summed E-state index contributed by atoms with van der Waals surface area (Å²) in [6, 6.07) is 45.7. The molecule has 0 spiro atoms. The minimum Gasteiger partial charge on any atom is -0.311 e. The summed E-state index contributed by atoms with van der Waals surface area (Å²) in [5.41, 5.74) is 12.7. The molecule has 5 rings (SSSR count). The molecule has 0 saturated carbocycles. The second-order valence-corrected chi connectivity index (χ2v) is 15.3. The van der Waals surface area contributed by atoms with Gasteiger partial charge in [0.15, 0.2) is 0 Å². The molecule has 0 radical (unpaired) electrons. The van der Waals surface area contributed by atoms with E-state index >= 15 is 0 Å². The first-order valence-electron chi connectivity index (χ1n) is 18.6. The summed E-state index contributed by atoms with van der Waals surface area (Å²) >= 11 is 0. The highest BCUT2D eigenvalue weighted by atomic mass is 15.2. The Labute approximate surface area is 297 Å². The molecule has 0 unspecified atom stereocenters. The topological polar surface area (TPSA) is 6.48 Å². The molecule has 0 N–H and O–H groups in total. The summed E-state index contributed by atoms with van der Waals surface area (Å²) < 4.78 is 0. The van der Waals surface area contributed by atoms with Gasteiger partial charge in [-0.2, -0.15) is 0 Å². The molecule has 5 aromatic rings.